The van der Waals surface area contributed by atoms with E-state index in [0.29, 0.717) is 32.2 Å². The normalized spacial score (nSPS) is 15.3. The number of aryl methyl sites for hydroxylation is 1. The number of nitrogens with one attached hydrogen (secondary N) is 1. The molecule has 1 N–H and O–H groups in total. The molecule has 2 aromatic carbocycles. The van der Waals surface area contributed by atoms with E-state index in [4.69, 9.17) is 28.2 Å². The number of para-hydroxylation sites is 2. The van der Waals surface area contributed by atoms with Crippen molar-refractivity contribution >= 4 is 68.1 Å². The van der Waals surface area contributed by atoms with Crippen molar-refractivity contribution < 1.29 is 4.79 Å². The van der Waals surface area contributed by atoms with E-state index in [-0.39, 0.29) is 17.2 Å². The van der Waals surface area contributed by atoms with E-state index in [1.165, 1.54) is 16.6 Å². The summed E-state index contributed by atoms with van der Waals surface area (Å²) in [5.74, 6) is 0.369. The number of amides is 1. The molecule has 5 rings (SSSR count). The first-order valence-electron chi connectivity index (χ1n) is 10.9. The van der Waals surface area contributed by atoms with E-state index in [0.717, 1.165) is 35.3 Å². The summed E-state index contributed by atoms with van der Waals surface area (Å²) in [5, 5.41) is 4.70. The van der Waals surface area contributed by atoms with Crippen LogP contribution in [0, 0.1) is 5.92 Å². The molecular weight excluding hydrogens is 509 g/mol. The second-order valence-corrected chi connectivity index (χ2v) is 11.2. The summed E-state index contributed by atoms with van der Waals surface area (Å²) in [5.41, 5.74) is 2.16. The Labute approximate surface area is 215 Å². The number of anilines is 1. The van der Waals surface area contributed by atoms with Crippen LogP contribution in [0.1, 0.15) is 23.8 Å². The Morgan fingerprint density at radius 1 is 1.18 bits per heavy atom. The number of fused-ring (bicyclic) bond motifs is 3. The van der Waals surface area contributed by atoms with Crippen molar-refractivity contribution in [3.8, 4) is 5.69 Å². The van der Waals surface area contributed by atoms with E-state index in [9.17, 15) is 9.59 Å². The molecule has 1 atom stereocenters. The highest BCUT2D eigenvalue weighted by atomic mass is 35.5. The van der Waals surface area contributed by atoms with Crippen LogP contribution in [0.4, 0.5) is 5.69 Å². The fraction of sp³-hybridized carbons (Fsp3) is 0.240. The number of aromatic nitrogens is 2. The molecule has 1 aliphatic carbocycles. The van der Waals surface area contributed by atoms with Crippen molar-refractivity contribution in [2.24, 2.45) is 5.92 Å². The number of hydrogen-bond acceptors (Lipinski definition) is 5. The monoisotopic (exact) mass is 529 g/mol. The van der Waals surface area contributed by atoms with Crippen LogP contribution in [0.25, 0.3) is 15.9 Å². The van der Waals surface area contributed by atoms with E-state index >= 15 is 0 Å². The van der Waals surface area contributed by atoms with Gasteiger partial charge in [0, 0.05) is 4.88 Å². The van der Waals surface area contributed by atoms with Crippen molar-refractivity contribution in [2.45, 2.75) is 31.3 Å². The summed E-state index contributed by atoms with van der Waals surface area (Å²) in [7, 11) is 0. The highest BCUT2D eigenvalue weighted by Crippen LogP contribution is 2.37. The number of hydrogen-bond donors (Lipinski definition) is 1. The van der Waals surface area contributed by atoms with Gasteiger partial charge in [0.05, 0.1) is 32.6 Å². The van der Waals surface area contributed by atoms with Gasteiger partial charge in [-0.2, -0.15) is 0 Å². The zero-order valence-electron chi connectivity index (χ0n) is 18.3. The fourth-order valence-corrected chi connectivity index (χ4v) is 6.92. The maximum Gasteiger partial charge on any atom is 0.267 e. The smallest absolute Gasteiger partial charge is 0.267 e. The van der Waals surface area contributed by atoms with Crippen LogP contribution in [0.15, 0.2) is 58.5 Å². The second-order valence-electron chi connectivity index (χ2n) is 8.34. The lowest BCUT2D eigenvalue weighted by molar-refractivity contribution is -0.113. The number of benzene rings is 2. The summed E-state index contributed by atoms with van der Waals surface area (Å²) < 4.78 is 1.62. The van der Waals surface area contributed by atoms with Crippen molar-refractivity contribution in [1.29, 1.82) is 0 Å². The molecule has 34 heavy (non-hydrogen) atoms. The Balaban J connectivity index is 1.52. The van der Waals surface area contributed by atoms with Gasteiger partial charge in [-0.3, -0.25) is 14.2 Å². The maximum atomic E-state index is 13.8. The van der Waals surface area contributed by atoms with Crippen molar-refractivity contribution in [3.05, 3.63) is 79.4 Å². The Kier molecular flexibility index (Phi) is 6.71. The molecular formula is C25H21Cl2N3O2S2. The van der Waals surface area contributed by atoms with Crippen LogP contribution in [-0.4, -0.2) is 21.2 Å². The molecule has 5 nitrogen and oxygen atoms in total. The Morgan fingerprint density at radius 3 is 2.65 bits per heavy atom. The molecule has 4 aromatic rings. The molecule has 174 valence electrons. The maximum absolute atomic E-state index is 13.8. The SMILES string of the molecule is C[C@H]1CCc2c(sc3nc(SCC(=O)Nc4c(Cl)cccc4Cl)n(-c4ccccc4)c(=O)c23)C1. The van der Waals surface area contributed by atoms with E-state index in [2.05, 4.69) is 12.2 Å². The van der Waals surface area contributed by atoms with Gasteiger partial charge >= 0.3 is 0 Å². The third-order valence-electron chi connectivity index (χ3n) is 5.87. The van der Waals surface area contributed by atoms with Crippen LogP contribution in [-0.2, 0) is 17.6 Å². The van der Waals surface area contributed by atoms with Gasteiger partial charge in [-0.15, -0.1) is 11.3 Å². The zero-order valence-corrected chi connectivity index (χ0v) is 21.5. The molecule has 2 heterocycles. The van der Waals surface area contributed by atoms with Gasteiger partial charge in [0.2, 0.25) is 5.91 Å². The molecule has 2 aromatic heterocycles. The van der Waals surface area contributed by atoms with Gasteiger partial charge in [0.1, 0.15) is 4.83 Å². The summed E-state index contributed by atoms with van der Waals surface area (Å²) in [6.07, 6.45) is 2.95. The molecule has 0 saturated heterocycles. The zero-order chi connectivity index (χ0) is 23.8. The molecule has 0 aliphatic heterocycles. The predicted molar refractivity (Wildman–Crippen MR) is 142 cm³/mol. The minimum absolute atomic E-state index is 0.0501. The molecule has 0 saturated carbocycles. The number of nitrogens with zero attached hydrogens (tertiary/aromatic N) is 2. The van der Waals surface area contributed by atoms with E-state index in [1.54, 1.807) is 34.1 Å². The molecule has 9 heteroatoms. The lowest BCUT2D eigenvalue weighted by Crippen LogP contribution is -2.23. The van der Waals surface area contributed by atoms with Crippen molar-refractivity contribution in [2.75, 3.05) is 11.1 Å². The van der Waals surface area contributed by atoms with Gasteiger partial charge in [0.25, 0.3) is 5.56 Å². The first-order valence-corrected chi connectivity index (χ1v) is 13.5. The molecule has 1 amide bonds. The topological polar surface area (TPSA) is 64.0 Å². The van der Waals surface area contributed by atoms with Gasteiger partial charge in [-0.25, -0.2) is 4.98 Å². The minimum atomic E-state index is -0.284. The third-order valence-corrected chi connectivity index (χ3v) is 8.59. The number of carbonyl (C=O) groups excluding carboxylic acids is 1. The Morgan fingerprint density at radius 2 is 1.91 bits per heavy atom. The van der Waals surface area contributed by atoms with Gasteiger partial charge < -0.3 is 5.32 Å². The summed E-state index contributed by atoms with van der Waals surface area (Å²) in [4.78, 5) is 33.4. The minimum Gasteiger partial charge on any atom is -0.323 e. The number of carbonyl (C=O) groups is 1. The predicted octanol–water partition coefficient (Wildman–Crippen LogP) is 6.61. The molecule has 0 spiro atoms. The molecule has 0 unspecified atom stereocenters. The highest BCUT2D eigenvalue weighted by molar-refractivity contribution is 7.99. The molecule has 0 bridgehead atoms. The summed E-state index contributed by atoms with van der Waals surface area (Å²) in [6.45, 7) is 2.24. The first kappa shape index (κ1) is 23.4. The standard InChI is InChI=1S/C25H21Cl2N3O2S2/c1-14-10-11-16-19(12-14)34-23-21(16)24(32)30(15-6-3-2-4-7-15)25(29-23)33-13-20(31)28-22-17(26)8-5-9-18(22)27/h2-9,14H,10-13H2,1H3,(H,28,31)/t14-/m0/s1. The van der Waals surface area contributed by atoms with Gasteiger partial charge in [-0.05, 0) is 55.0 Å². The molecule has 0 radical (unpaired) electrons. The number of thiophene rings is 1. The van der Waals surface area contributed by atoms with Crippen LogP contribution in [0.3, 0.4) is 0 Å². The largest absolute Gasteiger partial charge is 0.323 e. The summed E-state index contributed by atoms with van der Waals surface area (Å²) >= 11 is 15.2. The average Bonchev–Trinajstić information content (AvgIpc) is 3.18. The number of rotatable bonds is 5. The lowest BCUT2D eigenvalue weighted by Gasteiger charge is -2.17. The van der Waals surface area contributed by atoms with Crippen molar-refractivity contribution in [1.82, 2.24) is 9.55 Å². The van der Waals surface area contributed by atoms with E-state index < -0.39 is 0 Å². The Bertz CT molecular complexity index is 1430. The van der Waals surface area contributed by atoms with E-state index in [1.807, 2.05) is 30.3 Å². The number of halogens is 2. The molecule has 0 fully saturated rings. The highest BCUT2D eigenvalue weighted by Gasteiger charge is 2.25. The van der Waals surface area contributed by atoms with Crippen molar-refractivity contribution in [3.63, 3.8) is 0 Å². The average molecular weight is 531 g/mol. The Hall–Kier alpha value is -2.32. The van der Waals surface area contributed by atoms with Gasteiger partial charge in [0.15, 0.2) is 5.16 Å². The fourth-order valence-electron chi connectivity index (χ4n) is 4.20. The van der Waals surface area contributed by atoms with Gasteiger partial charge in [-0.1, -0.05) is 66.2 Å². The first-order chi connectivity index (χ1) is 16.4. The van der Waals surface area contributed by atoms with Crippen LogP contribution in [0.5, 0.6) is 0 Å². The van der Waals surface area contributed by atoms with Crippen LogP contribution in [0.2, 0.25) is 10.0 Å². The van der Waals surface area contributed by atoms with Crippen LogP contribution < -0.4 is 10.9 Å². The molecule has 1 aliphatic rings. The third kappa shape index (κ3) is 4.50. The quantitative estimate of drug-likeness (QED) is 0.233. The second kappa shape index (κ2) is 9.74. The lowest BCUT2D eigenvalue weighted by atomic mass is 9.89. The summed E-state index contributed by atoms with van der Waals surface area (Å²) in [6, 6.07) is 14.5. The van der Waals surface area contributed by atoms with Crippen LogP contribution >= 0.6 is 46.3 Å². The number of thioether (sulfide) groups is 1.